The van der Waals surface area contributed by atoms with E-state index in [1.54, 1.807) is 37.8 Å². The molecule has 2 aromatic carbocycles. The number of hydrogen-bond acceptors (Lipinski definition) is 11. The molecule has 3 aromatic rings. The summed E-state index contributed by atoms with van der Waals surface area (Å²) in [6, 6.07) is 7.29. The van der Waals surface area contributed by atoms with Crippen molar-refractivity contribution in [1.82, 2.24) is 14.9 Å². The zero-order chi connectivity index (χ0) is 40.0. The van der Waals surface area contributed by atoms with Crippen LogP contribution in [-0.4, -0.2) is 86.7 Å². The van der Waals surface area contributed by atoms with Gasteiger partial charge in [-0.25, -0.2) is 19.6 Å². The van der Waals surface area contributed by atoms with Crippen molar-refractivity contribution in [1.29, 1.82) is 0 Å². The van der Waals surface area contributed by atoms with Crippen molar-refractivity contribution in [3.05, 3.63) is 74.5 Å². The van der Waals surface area contributed by atoms with Gasteiger partial charge in [-0.1, -0.05) is 61.1 Å². The van der Waals surface area contributed by atoms with Gasteiger partial charge in [-0.05, 0) is 44.9 Å². The first-order chi connectivity index (χ1) is 25.3. The van der Waals surface area contributed by atoms with Crippen LogP contribution >= 0.6 is 23.2 Å². The molecule has 15 nitrogen and oxygen atoms in total. The molecule has 1 aromatic heterocycles. The lowest BCUT2D eigenvalue weighted by Gasteiger charge is -2.34. The number of anilines is 4. The monoisotopic (exact) mass is 803 g/mol. The maximum atomic E-state index is 14.3. The van der Waals surface area contributed by atoms with Crippen molar-refractivity contribution in [3.63, 3.8) is 0 Å². The highest BCUT2D eigenvalue weighted by molar-refractivity contribution is 6.76. The van der Waals surface area contributed by atoms with Gasteiger partial charge in [-0.2, -0.15) is 0 Å². The number of carbonyl (C=O) groups excluding carboxylic acids is 2. The first-order valence-electron chi connectivity index (χ1n) is 17.1. The predicted octanol–water partition coefficient (Wildman–Crippen LogP) is 9.07. The summed E-state index contributed by atoms with van der Waals surface area (Å²) >= 11 is 13.5. The van der Waals surface area contributed by atoms with E-state index in [1.165, 1.54) is 55.6 Å². The molecule has 0 bridgehead atoms. The van der Waals surface area contributed by atoms with E-state index >= 15 is 0 Å². The Hall–Kier alpha value is -4.64. The molecular formula is C36H47Cl2N7O8Si. The van der Waals surface area contributed by atoms with Crippen LogP contribution in [0.25, 0.3) is 0 Å². The van der Waals surface area contributed by atoms with Gasteiger partial charge in [0.15, 0.2) is 0 Å². The summed E-state index contributed by atoms with van der Waals surface area (Å²) in [6.45, 7) is 12.6. The Morgan fingerprint density at radius 2 is 1.74 bits per heavy atom. The Morgan fingerprint density at radius 1 is 1.07 bits per heavy atom. The number of nitrogens with one attached hydrogen (secondary N) is 1. The molecule has 0 radical (unpaired) electrons. The van der Waals surface area contributed by atoms with Gasteiger partial charge in [0.05, 0.1) is 30.9 Å². The fourth-order valence-corrected chi connectivity index (χ4v) is 6.82. The molecule has 1 aliphatic heterocycles. The van der Waals surface area contributed by atoms with Gasteiger partial charge in [0.25, 0.3) is 5.69 Å². The Balaban J connectivity index is 1.64. The second kappa shape index (κ2) is 17.7. The Bertz CT molecular complexity index is 1860. The number of nitro benzene ring substituents is 1. The van der Waals surface area contributed by atoms with E-state index in [0.717, 1.165) is 6.04 Å². The summed E-state index contributed by atoms with van der Waals surface area (Å²) < 4.78 is 22.5. The second-order valence-electron chi connectivity index (χ2n) is 14.6. The number of benzene rings is 2. The Labute approximate surface area is 326 Å². The number of nitro groups is 1. The van der Waals surface area contributed by atoms with Crippen molar-refractivity contribution in [3.8, 4) is 11.5 Å². The van der Waals surface area contributed by atoms with Gasteiger partial charge in [0, 0.05) is 46.5 Å². The van der Waals surface area contributed by atoms with Crippen LogP contribution in [0.3, 0.4) is 0 Å². The molecule has 0 saturated heterocycles. The van der Waals surface area contributed by atoms with Crippen molar-refractivity contribution in [2.75, 3.05) is 56.3 Å². The number of nitrogens with zero attached hydrogens (tertiary/aromatic N) is 6. The lowest BCUT2D eigenvalue weighted by atomic mass is 10.0. The van der Waals surface area contributed by atoms with Gasteiger partial charge in [-0.15, -0.1) is 0 Å². The molecule has 1 N–H and O–H groups in total. The van der Waals surface area contributed by atoms with Crippen LogP contribution in [0.2, 0.25) is 35.7 Å². The lowest BCUT2D eigenvalue weighted by molar-refractivity contribution is -0.384. The summed E-state index contributed by atoms with van der Waals surface area (Å²) in [5.41, 5.74) is -0.190. The summed E-state index contributed by atoms with van der Waals surface area (Å²) in [6.07, 6.45) is 5.08. The summed E-state index contributed by atoms with van der Waals surface area (Å²) in [4.78, 5) is 51.7. The van der Waals surface area contributed by atoms with Crippen LogP contribution in [0.15, 0.2) is 48.8 Å². The number of ether oxygens (including phenoxy) is 4. The third kappa shape index (κ3) is 10.5. The first kappa shape index (κ1) is 42.1. The number of rotatable bonds is 13. The molecular weight excluding hydrogens is 757 g/mol. The standard InChI is InChI=1S/C36H47Cl2N7O8Si/c1-36(2,3)53-35(47)43-15-11-10-12-25(43)23-13-14-24(26(18-23)45(48)49)41-29-20-30(40-21-39-29)42(4)34(46)44(22-52-16-17-54(7,8)9)33-31(37)27(50-5)19-28(51-6)32(33)38/h10,12-14,18-21,25H,11,15-17,22H2,1-9H3,(H,39,40,41). The highest BCUT2D eigenvalue weighted by Gasteiger charge is 2.32. The zero-order valence-electron chi connectivity index (χ0n) is 31.9. The molecule has 2 heterocycles. The molecule has 1 unspecified atom stereocenters. The number of amides is 3. The molecule has 54 heavy (non-hydrogen) atoms. The predicted molar refractivity (Wildman–Crippen MR) is 213 cm³/mol. The van der Waals surface area contributed by atoms with Crippen LogP contribution in [0.5, 0.6) is 11.5 Å². The highest BCUT2D eigenvalue weighted by atomic mass is 35.5. The normalized spacial score (nSPS) is 14.4. The van der Waals surface area contributed by atoms with Gasteiger partial charge in [0.1, 0.15) is 57.5 Å². The molecule has 1 aliphatic rings. The number of carbonyl (C=O) groups is 2. The molecule has 0 spiro atoms. The lowest BCUT2D eigenvalue weighted by Crippen LogP contribution is -2.43. The van der Waals surface area contributed by atoms with Crippen molar-refractivity contribution in [2.45, 2.75) is 64.5 Å². The van der Waals surface area contributed by atoms with Gasteiger partial charge >= 0.3 is 12.1 Å². The molecule has 292 valence electrons. The van der Waals surface area contributed by atoms with E-state index in [1.807, 2.05) is 12.2 Å². The second-order valence-corrected chi connectivity index (χ2v) is 21.0. The van der Waals surface area contributed by atoms with E-state index < -0.39 is 36.8 Å². The number of hydrogen-bond donors (Lipinski definition) is 1. The van der Waals surface area contributed by atoms with Crippen LogP contribution in [-0.2, 0) is 9.47 Å². The quantitative estimate of drug-likeness (QED) is 0.0438. The number of urea groups is 1. The number of halogens is 2. The Kier molecular flexibility index (Phi) is 13.8. The van der Waals surface area contributed by atoms with E-state index in [9.17, 15) is 19.7 Å². The molecule has 18 heteroatoms. The van der Waals surface area contributed by atoms with Crippen molar-refractivity contribution in [2.24, 2.45) is 0 Å². The van der Waals surface area contributed by atoms with Crippen LogP contribution in [0, 0.1) is 10.1 Å². The summed E-state index contributed by atoms with van der Waals surface area (Å²) in [7, 11) is 2.90. The summed E-state index contributed by atoms with van der Waals surface area (Å²) in [5.74, 6) is 0.772. The largest absolute Gasteiger partial charge is 0.495 e. The minimum atomic E-state index is -1.46. The van der Waals surface area contributed by atoms with Gasteiger partial charge < -0.3 is 24.3 Å². The highest BCUT2D eigenvalue weighted by Crippen LogP contribution is 2.46. The van der Waals surface area contributed by atoms with E-state index in [0.29, 0.717) is 25.1 Å². The number of aromatic nitrogens is 2. The fourth-order valence-electron chi connectivity index (χ4n) is 5.36. The zero-order valence-corrected chi connectivity index (χ0v) is 34.4. The Morgan fingerprint density at radius 3 is 2.33 bits per heavy atom. The van der Waals surface area contributed by atoms with Crippen LogP contribution in [0.1, 0.15) is 38.8 Å². The third-order valence-corrected chi connectivity index (χ3v) is 10.6. The maximum absolute atomic E-state index is 14.3. The maximum Gasteiger partial charge on any atom is 0.411 e. The molecule has 1 atom stereocenters. The van der Waals surface area contributed by atoms with Crippen LogP contribution < -0.4 is 24.6 Å². The minimum Gasteiger partial charge on any atom is -0.495 e. The fraction of sp³-hybridized carbons (Fsp3) is 0.444. The third-order valence-electron chi connectivity index (χ3n) is 8.19. The van der Waals surface area contributed by atoms with Crippen molar-refractivity contribution >= 4 is 72.1 Å². The molecule has 4 rings (SSSR count). The smallest absolute Gasteiger partial charge is 0.411 e. The molecule has 3 amide bonds. The average molecular weight is 805 g/mol. The minimum absolute atomic E-state index is 0.0672. The van der Waals surface area contributed by atoms with Crippen LogP contribution in [0.4, 0.5) is 38.3 Å². The van der Waals surface area contributed by atoms with E-state index in [-0.39, 0.29) is 57.0 Å². The van der Waals surface area contributed by atoms with Crippen molar-refractivity contribution < 1.29 is 33.5 Å². The molecule has 0 aliphatic carbocycles. The average Bonchev–Trinajstić information content (AvgIpc) is 3.11. The molecule has 0 fully saturated rings. The van der Waals surface area contributed by atoms with Gasteiger partial charge in [-0.3, -0.25) is 24.8 Å². The molecule has 0 saturated carbocycles. The van der Waals surface area contributed by atoms with Gasteiger partial charge in [0.2, 0.25) is 0 Å². The van der Waals surface area contributed by atoms with E-state index in [2.05, 4.69) is 34.9 Å². The first-order valence-corrected chi connectivity index (χ1v) is 21.6. The van der Waals surface area contributed by atoms with E-state index in [4.69, 9.17) is 42.1 Å². The summed E-state index contributed by atoms with van der Waals surface area (Å²) in [5, 5.41) is 15.5. The SMILES string of the molecule is COc1cc(OC)c(Cl)c(N(COCC[Si](C)(C)C)C(=O)N(C)c2cc(Nc3ccc(C4C=CCCN4C(=O)OC(C)(C)C)cc3[N+](=O)[O-])ncn2)c1Cl. The topological polar surface area (TPSA) is 162 Å². The number of methoxy groups -OCH3 is 2.